The summed E-state index contributed by atoms with van der Waals surface area (Å²) in [5.74, 6) is 1.82. The van der Waals surface area contributed by atoms with E-state index in [4.69, 9.17) is 0 Å². The molecule has 13 heavy (non-hydrogen) atoms. The minimum Gasteiger partial charge on any atom is -0.391 e. The van der Waals surface area contributed by atoms with Crippen molar-refractivity contribution in [3.8, 4) is 0 Å². The Kier molecular flexibility index (Phi) is 3.28. The largest absolute Gasteiger partial charge is 0.391 e. The van der Waals surface area contributed by atoms with Crippen molar-refractivity contribution >= 4 is 0 Å². The number of hydrogen-bond acceptors (Lipinski definition) is 1. The molecule has 0 radical (unpaired) electrons. The molecule has 0 aromatic rings. The highest BCUT2D eigenvalue weighted by Crippen LogP contribution is 2.29. The van der Waals surface area contributed by atoms with E-state index in [0.29, 0.717) is 0 Å². The van der Waals surface area contributed by atoms with Crippen LogP contribution < -0.4 is 5.32 Å². The van der Waals surface area contributed by atoms with E-state index >= 15 is 0 Å². The molecule has 1 heterocycles. The number of nitrogens with one attached hydrogen (secondary N) is 1. The standard InChI is InChI=1S/C12H21N/c1-2-4-6-11(7-5-3-1)12-8-9-13-10-12/h8-9,11-13H,1-7,10H2. The summed E-state index contributed by atoms with van der Waals surface area (Å²) in [6.45, 7) is 1.20. The highest BCUT2D eigenvalue weighted by molar-refractivity contribution is 4.98. The number of rotatable bonds is 1. The molecule has 74 valence electrons. The second-order valence-corrected chi connectivity index (χ2v) is 4.54. The molecule has 1 N–H and O–H groups in total. The van der Waals surface area contributed by atoms with E-state index in [1.807, 2.05) is 0 Å². The van der Waals surface area contributed by atoms with Crippen LogP contribution >= 0.6 is 0 Å². The van der Waals surface area contributed by atoms with Crippen LogP contribution in [0, 0.1) is 11.8 Å². The summed E-state index contributed by atoms with van der Waals surface area (Å²) in [7, 11) is 0. The van der Waals surface area contributed by atoms with Gasteiger partial charge in [-0.2, -0.15) is 0 Å². The van der Waals surface area contributed by atoms with Gasteiger partial charge in [-0.25, -0.2) is 0 Å². The molecule has 2 rings (SSSR count). The van der Waals surface area contributed by atoms with Gasteiger partial charge in [0.1, 0.15) is 0 Å². The molecule has 1 nitrogen and oxygen atoms in total. The lowest BCUT2D eigenvalue weighted by atomic mass is 9.82. The maximum Gasteiger partial charge on any atom is 0.0207 e. The lowest BCUT2D eigenvalue weighted by Crippen LogP contribution is -2.19. The Bertz CT molecular complexity index is 166. The summed E-state index contributed by atoms with van der Waals surface area (Å²) in [6.07, 6.45) is 14.8. The summed E-state index contributed by atoms with van der Waals surface area (Å²) >= 11 is 0. The normalized spacial score (nSPS) is 30.9. The van der Waals surface area contributed by atoms with Crippen molar-refractivity contribution in [1.29, 1.82) is 0 Å². The van der Waals surface area contributed by atoms with Crippen molar-refractivity contribution in [3.63, 3.8) is 0 Å². The van der Waals surface area contributed by atoms with Crippen LogP contribution in [0.25, 0.3) is 0 Å². The average molecular weight is 179 g/mol. The van der Waals surface area contributed by atoms with E-state index in [1.165, 1.54) is 51.5 Å². The minimum absolute atomic E-state index is 0.845. The first kappa shape index (κ1) is 9.11. The third-order valence-electron chi connectivity index (χ3n) is 3.57. The van der Waals surface area contributed by atoms with E-state index in [1.54, 1.807) is 0 Å². The first-order valence-corrected chi connectivity index (χ1v) is 5.87. The van der Waals surface area contributed by atoms with E-state index in [0.717, 1.165) is 11.8 Å². The van der Waals surface area contributed by atoms with Gasteiger partial charge in [-0.1, -0.05) is 38.2 Å². The SMILES string of the molecule is C1=CC(C2CCCCCCC2)CN1. The summed E-state index contributed by atoms with van der Waals surface area (Å²) in [6, 6.07) is 0. The molecule has 1 saturated carbocycles. The van der Waals surface area contributed by atoms with E-state index in [-0.39, 0.29) is 0 Å². The lowest BCUT2D eigenvalue weighted by Gasteiger charge is -2.23. The van der Waals surface area contributed by atoms with E-state index < -0.39 is 0 Å². The monoisotopic (exact) mass is 179 g/mol. The Labute approximate surface area is 81.6 Å². The zero-order valence-corrected chi connectivity index (χ0v) is 8.47. The van der Waals surface area contributed by atoms with Gasteiger partial charge in [0.15, 0.2) is 0 Å². The van der Waals surface area contributed by atoms with Crippen molar-refractivity contribution in [1.82, 2.24) is 5.32 Å². The zero-order valence-electron chi connectivity index (χ0n) is 8.47. The first-order chi connectivity index (χ1) is 6.47. The molecule has 0 aromatic carbocycles. The summed E-state index contributed by atoms with van der Waals surface area (Å²) in [5, 5.41) is 3.33. The van der Waals surface area contributed by atoms with Crippen LogP contribution in [0.2, 0.25) is 0 Å². The van der Waals surface area contributed by atoms with Crippen LogP contribution in [0.1, 0.15) is 44.9 Å². The molecule has 2 aliphatic rings. The molecular weight excluding hydrogens is 158 g/mol. The van der Waals surface area contributed by atoms with Gasteiger partial charge in [-0.05, 0) is 30.9 Å². The molecule has 1 fully saturated rings. The minimum atomic E-state index is 0.845. The van der Waals surface area contributed by atoms with Gasteiger partial charge in [0.05, 0.1) is 0 Å². The quantitative estimate of drug-likeness (QED) is 0.652. The predicted octanol–water partition coefficient (Wildman–Crippen LogP) is 3.08. The molecule has 1 unspecified atom stereocenters. The molecule has 0 amide bonds. The Hall–Kier alpha value is -0.460. The van der Waals surface area contributed by atoms with Gasteiger partial charge in [-0.3, -0.25) is 0 Å². The highest BCUT2D eigenvalue weighted by Gasteiger charge is 2.21. The highest BCUT2D eigenvalue weighted by atomic mass is 14.9. The fourth-order valence-corrected chi connectivity index (χ4v) is 2.70. The molecule has 1 aliphatic heterocycles. The van der Waals surface area contributed by atoms with Crippen molar-refractivity contribution in [3.05, 3.63) is 12.3 Å². The van der Waals surface area contributed by atoms with Gasteiger partial charge in [0.2, 0.25) is 0 Å². The third kappa shape index (κ3) is 2.49. The second-order valence-electron chi connectivity index (χ2n) is 4.54. The Morgan fingerprint density at radius 3 is 2.23 bits per heavy atom. The van der Waals surface area contributed by atoms with E-state index in [2.05, 4.69) is 17.6 Å². The molecule has 0 saturated heterocycles. The molecule has 1 atom stereocenters. The van der Waals surface area contributed by atoms with Crippen LogP contribution in [0.5, 0.6) is 0 Å². The van der Waals surface area contributed by atoms with Gasteiger partial charge in [0.25, 0.3) is 0 Å². The van der Waals surface area contributed by atoms with Crippen LogP contribution in [0.15, 0.2) is 12.3 Å². The smallest absolute Gasteiger partial charge is 0.0207 e. The molecule has 1 aliphatic carbocycles. The summed E-state index contributed by atoms with van der Waals surface area (Å²) in [5.41, 5.74) is 0. The van der Waals surface area contributed by atoms with E-state index in [9.17, 15) is 0 Å². The maximum atomic E-state index is 3.33. The topological polar surface area (TPSA) is 12.0 Å². The van der Waals surface area contributed by atoms with Gasteiger partial charge >= 0.3 is 0 Å². The first-order valence-electron chi connectivity index (χ1n) is 5.87. The molecule has 0 spiro atoms. The van der Waals surface area contributed by atoms with Crippen molar-refractivity contribution in [2.24, 2.45) is 11.8 Å². The van der Waals surface area contributed by atoms with Crippen LogP contribution in [0.4, 0.5) is 0 Å². The van der Waals surface area contributed by atoms with Gasteiger partial charge in [0, 0.05) is 6.54 Å². The predicted molar refractivity (Wildman–Crippen MR) is 56.4 cm³/mol. The summed E-state index contributed by atoms with van der Waals surface area (Å²) < 4.78 is 0. The maximum absolute atomic E-state index is 3.33. The van der Waals surface area contributed by atoms with Crippen molar-refractivity contribution in [2.75, 3.05) is 6.54 Å². The fraction of sp³-hybridized carbons (Fsp3) is 0.833. The Morgan fingerprint density at radius 2 is 1.62 bits per heavy atom. The molecule has 0 aromatic heterocycles. The summed E-state index contributed by atoms with van der Waals surface area (Å²) in [4.78, 5) is 0. The number of hydrogen-bond donors (Lipinski definition) is 1. The molecule has 1 heteroatoms. The van der Waals surface area contributed by atoms with Crippen LogP contribution in [-0.2, 0) is 0 Å². The van der Waals surface area contributed by atoms with Crippen LogP contribution in [0.3, 0.4) is 0 Å². The third-order valence-corrected chi connectivity index (χ3v) is 3.57. The lowest BCUT2D eigenvalue weighted by molar-refractivity contribution is 0.311. The Balaban J connectivity index is 1.84. The molecule has 0 bridgehead atoms. The van der Waals surface area contributed by atoms with Crippen LogP contribution in [-0.4, -0.2) is 6.54 Å². The fourth-order valence-electron chi connectivity index (χ4n) is 2.70. The molecular formula is C12H21N. The van der Waals surface area contributed by atoms with Gasteiger partial charge in [-0.15, -0.1) is 0 Å². The van der Waals surface area contributed by atoms with Crippen molar-refractivity contribution in [2.45, 2.75) is 44.9 Å². The Morgan fingerprint density at radius 1 is 0.923 bits per heavy atom. The zero-order chi connectivity index (χ0) is 8.93. The van der Waals surface area contributed by atoms with Crippen molar-refractivity contribution < 1.29 is 0 Å². The average Bonchev–Trinajstić information content (AvgIpc) is 2.55. The second kappa shape index (κ2) is 4.69. The van der Waals surface area contributed by atoms with Gasteiger partial charge < -0.3 is 5.32 Å².